The van der Waals surface area contributed by atoms with Crippen LogP contribution in [0.3, 0.4) is 0 Å². The second-order valence-corrected chi connectivity index (χ2v) is 6.23. The van der Waals surface area contributed by atoms with E-state index in [1.165, 1.54) is 4.52 Å². The highest BCUT2D eigenvalue weighted by atomic mass is 32.2. The van der Waals surface area contributed by atoms with Crippen LogP contribution in [0.2, 0.25) is 0 Å². The molecule has 9 heteroatoms. The molecule has 0 saturated carbocycles. The monoisotopic (exact) mass is 307 g/mol. The number of anilines is 1. The molecule has 0 aliphatic carbocycles. The number of nitrogens with zero attached hydrogens (tertiary/aromatic N) is 4. The summed E-state index contributed by atoms with van der Waals surface area (Å²) < 4.78 is 33.9. The molecule has 3 heterocycles. The van der Waals surface area contributed by atoms with Gasteiger partial charge < -0.3 is 4.52 Å². The Morgan fingerprint density at radius 2 is 2.05 bits per heavy atom. The van der Waals surface area contributed by atoms with Crippen LogP contribution >= 0.6 is 0 Å². The van der Waals surface area contributed by atoms with E-state index < -0.39 is 10.0 Å². The largest absolute Gasteiger partial charge is 0.360 e. The van der Waals surface area contributed by atoms with Gasteiger partial charge in [0, 0.05) is 6.20 Å². The average molecular weight is 307 g/mol. The Bertz CT molecular complexity index is 906. The molecule has 3 aromatic heterocycles. The minimum absolute atomic E-state index is 0.0424. The summed E-state index contributed by atoms with van der Waals surface area (Å²) in [6.07, 6.45) is 1.70. The van der Waals surface area contributed by atoms with E-state index in [0.717, 1.165) is 0 Å². The zero-order valence-electron chi connectivity index (χ0n) is 11.7. The van der Waals surface area contributed by atoms with Crippen LogP contribution in [-0.2, 0) is 10.0 Å². The fourth-order valence-electron chi connectivity index (χ4n) is 2.15. The molecule has 0 aliphatic heterocycles. The fourth-order valence-corrected chi connectivity index (χ4v) is 3.54. The molecule has 1 N–H and O–H groups in total. The maximum Gasteiger partial charge on any atom is 0.267 e. The van der Waals surface area contributed by atoms with Crippen molar-refractivity contribution in [1.82, 2.24) is 19.8 Å². The van der Waals surface area contributed by atoms with Crippen LogP contribution in [0, 0.1) is 20.8 Å². The first-order valence-corrected chi connectivity index (χ1v) is 7.64. The Hall–Kier alpha value is -2.42. The number of fused-ring (bicyclic) bond motifs is 1. The van der Waals surface area contributed by atoms with E-state index in [9.17, 15) is 8.42 Å². The lowest BCUT2D eigenvalue weighted by atomic mass is 10.4. The lowest BCUT2D eigenvalue weighted by Crippen LogP contribution is -2.15. The van der Waals surface area contributed by atoms with Crippen LogP contribution in [-0.4, -0.2) is 28.2 Å². The van der Waals surface area contributed by atoms with Crippen molar-refractivity contribution >= 4 is 21.4 Å². The summed E-state index contributed by atoms with van der Waals surface area (Å²) in [6.45, 7) is 4.86. The van der Waals surface area contributed by atoms with Crippen molar-refractivity contribution in [2.75, 3.05) is 4.72 Å². The van der Waals surface area contributed by atoms with Gasteiger partial charge in [0.15, 0.2) is 16.3 Å². The first kappa shape index (κ1) is 13.6. The van der Waals surface area contributed by atoms with Crippen molar-refractivity contribution in [3.8, 4) is 0 Å². The Morgan fingerprint density at radius 3 is 2.71 bits per heavy atom. The number of hydrogen-bond donors (Lipinski definition) is 1. The van der Waals surface area contributed by atoms with Gasteiger partial charge in [0.05, 0.1) is 5.69 Å². The molecule has 0 fully saturated rings. The minimum atomic E-state index is -3.80. The third-order valence-corrected chi connectivity index (χ3v) is 4.56. The van der Waals surface area contributed by atoms with Gasteiger partial charge in [-0.25, -0.2) is 17.9 Å². The second-order valence-electron chi connectivity index (χ2n) is 4.61. The molecule has 0 amide bonds. The second kappa shape index (κ2) is 4.55. The predicted molar refractivity (Wildman–Crippen MR) is 74.5 cm³/mol. The third-order valence-electron chi connectivity index (χ3n) is 2.95. The number of hydrogen-bond acceptors (Lipinski definition) is 6. The van der Waals surface area contributed by atoms with E-state index in [0.29, 0.717) is 22.9 Å². The summed E-state index contributed by atoms with van der Waals surface area (Å²) in [4.78, 5) is 4.25. The van der Waals surface area contributed by atoms with Gasteiger partial charge in [-0.3, -0.25) is 4.72 Å². The maximum atomic E-state index is 12.5. The Kier molecular flexibility index (Phi) is 2.94. The SMILES string of the molecule is Cc1nc2c(NS(=O)(=O)c3c(C)noc3C)cccn2n1. The van der Waals surface area contributed by atoms with E-state index >= 15 is 0 Å². The topological polar surface area (TPSA) is 102 Å². The van der Waals surface area contributed by atoms with Crippen LogP contribution in [0.15, 0.2) is 27.7 Å². The first-order valence-electron chi connectivity index (χ1n) is 6.16. The van der Waals surface area contributed by atoms with Crippen molar-refractivity contribution < 1.29 is 12.9 Å². The molecular weight excluding hydrogens is 294 g/mol. The zero-order valence-corrected chi connectivity index (χ0v) is 12.5. The quantitative estimate of drug-likeness (QED) is 0.785. The molecule has 21 heavy (non-hydrogen) atoms. The van der Waals surface area contributed by atoms with Crippen LogP contribution in [0.25, 0.3) is 5.65 Å². The van der Waals surface area contributed by atoms with Gasteiger partial charge in [-0.05, 0) is 32.9 Å². The van der Waals surface area contributed by atoms with E-state index in [4.69, 9.17) is 4.52 Å². The normalized spacial score (nSPS) is 12.0. The van der Waals surface area contributed by atoms with Gasteiger partial charge in [-0.2, -0.15) is 5.10 Å². The minimum Gasteiger partial charge on any atom is -0.360 e. The van der Waals surface area contributed by atoms with Crippen LogP contribution < -0.4 is 4.72 Å². The highest BCUT2D eigenvalue weighted by Crippen LogP contribution is 2.24. The van der Waals surface area contributed by atoms with Crippen molar-refractivity contribution in [2.45, 2.75) is 25.7 Å². The summed E-state index contributed by atoms with van der Waals surface area (Å²) in [6, 6.07) is 3.31. The Morgan fingerprint density at radius 1 is 1.29 bits per heavy atom. The van der Waals surface area contributed by atoms with Crippen molar-refractivity contribution in [1.29, 1.82) is 0 Å². The molecule has 3 rings (SSSR count). The third kappa shape index (κ3) is 2.25. The summed E-state index contributed by atoms with van der Waals surface area (Å²) in [5, 5.41) is 7.80. The van der Waals surface area contributed by atoms with Gasteiger partial charge in [0.2, 0.25) is 0 Å². The molecule has 0 aliphatic rings. The van der Waals surface area contributed by atoms with Crippen LogP contribution in [0.1, 0.15) is 17.3 Å². The molecule has 110 valence electrons. The maximum absolute atomic E-state index is 12.5. The summed E-state index contributed by atoms with van der Waals surface area (Å²) in [5.74, 6) is 0.795. The number of sulfonamides is 1. The summed E-state index contributed by atoms with van der Waals surface area (Å²) in [5.41, 5.74) is 1.09. The van der Waals surface area contributed by atoms with Gasteiger partial charge in [0.25, 0.3) is 10.0 Å². The summed E-state index contributed by atoms with van der Waals surface area (Å²) in [7, 11) is -3.80. The first-order chi connectivity index (χ1) is 9.88. The Balaban J connectivity index is 2.10. The van der Waals surface area contributed by atoms with Gasteiger partial charge in [0.1, 0.15) is 11.5 Å². The summed E-state index contributed by atoms with van der Waals surface area (Å²) >= 11 is 0. The number of aromatic nitrogens is 4. The standard InChI is InChI=1S/C12H13N5O3S/c1-7-11(8(2)20-15-7)21(18,19)16-10-5-4-6-17-12(10)13-9(3)14-17/h4-6,16H,1-3H3. The highest BCUT2D eigenvalue weighted by Gasteiger charge is 2.25. The zero-order chi connectivity index (χ0) is 15.2. The smallest absolute Gasteiger partial charge is 0.267 e. The van der Waals surface area contributed by atoms with Crippen molar-refractivity contribution in [3.63, 3.8) is 0 Å². The average Bonchev–Trinajstić information content (AvgIpc) is 2.92. The lowest BCUT2D eigenvalue weighted by molar-refractivity contribution is 0.390. The predicted octanol–water partition coefficient (Wildman–Crippen LogP) is 1.44. The van der Waals surface area contributed by atoms with Crippen molar-refractivity contribution in [3.05, 3.63) is 35.6 Å². The van der Waals surface area contributed by atoms with E-state index in [-0.39, 0.29) is 10.7 Å². The molecular formula is C12H13N5O3S. The molecule has 0 atom stereocenters. The van der Waals surface area contributed by atoms with E-state index in [1.807, 2.05) is 0 Å². The number of rotatable bonds is 3. The lowest BCUT2D eigenvalue weighted by Gasteiger charge is -2.07. The van der Waals surface area contributed by atoms with Crippen molar-refractivity contribution in [2.24, 2.45) is 0 Å². The van der Waals surface area contributed by atoms with Gasteiger partial charge >= 0.3 is 0 Å². The van der Waals surface area contributed by atoms with E-state index in [2.05, 4.69) is 20.0 Å². The molecule has 3 aromatic rings. The Labute approximate surface area is 120 Å². The van der Waals surface area contributed by atoms with Crippen LogP contribution in [0.5, 0.6) is 0 Å². The van der Waals surface area contributed by atoms with Gasteiger partial charge in [-0.1, -0.05) is 5.16 Å². The molecule has 8 nitrogen and oxygen atoms in total. The van der Waals surface area contributed by atoms with E-state index in [1.54, 1.807) is 39.1 Å². The molecule has 0 unspecified atom stereocenters. The fraction of sp³-hybridized carbons (Fsp3) is 0.250. The molecule has 0 spiro atoms. The molecule has 0 radical (unpaired) electrons. The van der Waals surface area contributed by atoms with Crippen LogP contribution in [0.4, 0.5) is 5.69 Å². The number of aryl methyl sites for hydroxylation is 3. The number of pyridine rings is 1. The molecule has 0 bridgehead atoms. The molecule has 0 aromatic carbocycles. The molecule has 0 saturated heterocycles. The van der Waals surface area contributed by atoms with Gasteiger partial charge in [-0.15, -0.1) is 0 Å². The highest BCUT2D eigenvalue weighted by molar-refractivity contribution is 7.92. The number of nitrogens with one attached hydrogen (secondary N) is 1.